The molecule has 25 heavy (non-hydrogen) atoms. The molecule has 7 nitrogen and oxygen atoms in total. The molecule has 0 bridgehead atoms. The molecule has 0 spiro atoms. The maximum atomic E-state index is 9.16. The summed E-state index contributed by atoms with van der Waals surface area (Å²) in [5.74, 6) is 1.48. The minimum Gasteiger partial charge on any atom is -0.495 e. The van der Waals surface area contributed by atoms with E-state index in [1.54, 1.807) is 25.3 Å². The van der Waals surface area contributed by atoms with E-state index < -0.39 is 0 Å². The van der Waals surface area contributed by atoms with Crippen molar-refractivity contribution in [3.8, 4) is 11.8 Å². The summed E-state index contributed by atoms with van der Waals surface area (Å²) in [6, 6.07) is 15.1. The van der Waals surface area contributed by atoms with E-state index in [0.717, 1.165) is 11.3 Å². The molecule has 3 rings (SSSR count). The first kappa shape index (κ1) is 16.2. The minimum atomic E-state index is 0.323. The first-order chi connectivity index (χ1) is 12.2. The molecule has 0 aliphatic rings. The SMILES string of the molecule is COc1ccc(C)cc1Nc1nncc(Nc2ccccc2C#N)n1. The van der Waals surface area contributed by atoms with E-state index in [2.05, 4.69) is 31.9 Å². The molecule has 1 aromatic heterocycles. The molecule has 0 unspecified atom stereocenters. The third-order valence-corrected chi connectivity index (χ3v) is 3.47. The highest BCUT2D eigenvalue weighted by Gasteiger charge is 2.08. The molecule has 1 heterocycles. The molecule has 2 aromatic carbocycles. The van der Waals surface area contributed by atoms with Gasteiger partial charge in [-0.1, -0.05) is 18.2 Å². The number of para-hydroxylation sites is 1. The van der Waals surface area contributed by atoms with E-state index in [-0.39, 0.29) is 0 Å². The van der Waals surface area contributed by atoms with Gasteiger partial charge in [-0.3, -0.25) is 0 Å². The average Bonchev–Trinajstić information content (AvgIpc) is 2.63. The van der Waals surface area contributed by atoms with Crippen molar-refractivity contribution in [1.82, 2.24) is 15.2 Å². The third-order valence-electron chi connectivity index (χ3n) is 3.47. The van der Waals surface area contributed by atoms with Gasteiger partial charge < -0.3 is 15.4 Å². The van der Waals surface area contributed by atoms with Gasteiger partial charge in [-0.2, -0.15) is 15.3 Å². The van der Waals surface area contributed by atoms with E-state index in [4.69, 9.17) is 10.00 Å². The van der Waals surface area contributed by atoms with Gasteiger partial charge >= 0.3 is 0 Å². The Bertz CT molecular complexity index is 935. The van der Waals surface area contributed by atoms with Crippen molar-refractivity contribution in [3.05, 3.63) is 59.8 Å². The lowest BCUT2D eigenvalue weighted by Crippen LogP contribution is -2.04. The molecule has 0 atom stereocenters. The second kappa shape index (κ2) is 7.27. The van der Waals surface area contributed by atoms with Gasteiger partial charge in [0.25, 0.3) is 0 Å². The second-order valence-electron chi connectivity index (χ2n) is 5.28. The van der Waals surface area contributed by atoms with Crippen molar-refractivity contribution in [2.45, 2.75) is 6.92 Å². The fourth-order valence-electron chi connectivity index (χ4n) is 2.28. The standard InChI is InChI=1S/C18H16N6O/c1-12-7-8-16(25-2)15(9-12)22-18-23-17(11-20-24-18)21-14-6-4-3-5-13(14)10-19/h3-9,11H,1-2H3,(H2,21,22,23,24). The Morgan fingerprint density at radius 1 is 1.08 bits per heavy atom. The van der Waals surface area contributed by atoms with E-state index in [1.807, 2.05) is 31.2 Å². The van der Waals surface area contributed by atoms with Crippen LogP contribution in [0.2, 0.25) is 0 Å². The van der Waals surface area contributed by atoms with Crippen LogP contribution in [0, 0.1) is 18.3 Å². The third kappa shape index (κ3) is 3.82. The summed E-state index contributed by atoms with van der Waals surface area (Å²) in [5.41, 5.74) is 3.01. The van der Waals surface area contributed by atoms with Crippen LogP contribution in [0.15, 0.2) is 48.7 Å². The molecule has 3 aromatic rings. The molecule has 0 saturated carbocycles. The van der Waals surface area contributed by atoms with Crippen molar-refractivity contribution < 1.29 is 4.74 Å². The van der Waals surface area contributed by atoms with Crippen LogP contribution in [0.1, 0.15) is 11.1 Å². The largest absolute Gasteiger partial charge is 0.495 e. The molecular formula is C18H16N6O. The number of aromatic nitrogens is 3. The van der Waals surface area contributed by atoms with Crippen molar-refractivity contribution >= 4 is 23.1 Å². The summed E-state index contributed by atoms with van der Waals surface area (Å²) in [7, 11) is 1.60. The highest BCUT2D eigenvalue weighted by Crippen LogP contribution is 2.27. The predicted octanol–water partition coefficient (Wildman–Crippen LogP) is 3.55. The predicted molar refractivity (Wildman–Crippen MR) is 95.3 cm³/mol. The molecule has 7 heteroatoms. The Labute approximate surface area is 145 Å². The number of nitrogens with zero attached hydrogens (tertiary/aromatic N) is 4. The molecular weight excluding hydrogens is 316 g/mol. The summed E-state index contributed by atoms with van der Waals surface area (Å²) in [5, 5.41) is 23.3. The van der Waals surface area contributed by atoms with Crippen molar-refractivity contribution in [3.63, 3.8) is 0 Å². The summed E-state index contributed by atoms with van der Waals surface area (Å²) in [6.45, 7) is 1.99. The maximum Gasteiger partial charge on any atom is 0.249 e. The fourth-order valence-corrected chi connectivity index (χ4v) is 2.28. The number of anilines is 4. The number of ether oxygens (including phenoxy) is 1. The van der Waals surface area contributed by atoms with Crippen LogP contribution in [0.5, 0.6) is 5.75 Å². The summed E-state index contributed by atoms with van der Waals surface area (Å²) in [6.07, 6.45) is 1.49. The van der Waals surface area contributed by atoms with Gasteiger partial charge in [0.1, 0.15) is 11.8 Å². The number of hydrogen-bond acceptors (Lipinski definition) is 7. The zero-order valence-electron chi connectivity index (χ0n) is 13.8. The molecule has 0 aliphatic carbocycles. The first-order valence-electron chi connectivity index (χ1n) is 7.57. The Morgan fingerprint density at radius 2 is 1.92 bits per heavy atom. The maximum absolute atomic E-state index is 9.16. The topological polar surface area (TPSA) is 95.8 Å². The highest BCUT2D eigenvalue weighted by molar-refractivity contribution is 5.66. The number of hydrogen-bond donors (Lipinski definition) is 2. The number of benzene rings is 2. The molecule has 124 valence electrons. The van der Waals surface area contributed by atoms with E-state index in [9.17, 15) is 0 Å². The Morgan fingerprint density at radius 3 is 2.72 bits per heavy atom. The smallest absolute Gasteiger partial charge is 0.249 e. The van der Waals surface area contributed by atoms with Crippen LogP contribution in [0.4, 0.5) is 23.1 Å². The van der Waals surface area contributed by atoms with Crippen LogP contribution in [-0.4, -0.2) is 22.3 Å². The van der Waals surface area contributed by atoms with E-state index in [1.165, 1.54) is 6.20 Å². The van der Waals surface area contributed by atoms with Crippen LogP contribution in [-0.2, 0) is 0 Å². The zero-order chi connectivity index (χ0) is 17.6. The molecule has 0 radical (unpaired) electrons. The lowest BCUT2D eigenvalue weighted by molar-refractivity contribution is 0.416. The molecule has 0 saturated heterocycles. The van der Waals surface area contributed by atoms with Gasteiger partial charge in [0.15, 0.2) is 5.82 Å². The second-order valence-corrected chi connectivity index (χ2v) is 5.28. The first-order valence-corrected chi connectivity index (χ1v) is 7.57. The van der Waals surface area contributed by atoms with Crippen LogP contribution >= 0.6 is 0 Å². The number of methoxy groups -OCH3 is 1. The highest BCUT2D eigenvalue weighted by atomic mass is 16.5. The van der Waals surface area contributed by atoms with Gasteiger partial charge in [-0.25, -0.2) is 0 Å². The zero-order valence-corrected chi connectivity index (χ0v) is 13.8. The summed E-state index contributed by atoms with van der Waals surface area (Å²) in [4.78, 5) is 4.38. The number of nitrogens with one attached hydrogen (secondary N) is 2. The van der Waals surface area contributed by atoms with Crippen LogP contribution < -0.4 is 15.4 Å². The monoisotopic (exact) mass is 332 g/mol. The minimum absolute atomic E-state index is 0.323. The van der Waals surface area contributed by atoms with Crippen molar-refractivity contribution in [1.29, 1.82) is 5.26 Å². The fraction of sp³-hybridized carbons (Fsp3) is 0.111. The Balaban J connectivity index is 1.85. The van der Waals surface area contributed by atoms with Crippen LogP contribution in [0.25, 0.3) is 0 Å². The average molecular weight is 332 g/mol. The lowest BCUT2D eigenvalue weighted by atomic mass is 10.2. The van der Waals surface area contributed by atoms with E-state index >= 15 is 0 Å². The van der Waals surface area contributed by atoms with Gasteiger partial charge in [0.05, 0.1) is 30.2 Å². The van der Waals surface area contributed by atoms with Crippen LogP contribution in [0.3, 0.4) is 0 Å². The number of rotatable bonds is 5. The van der Waals surface area contributed by atoms with Crippen molar-refractivity contribution in [2.75, 3.05) is 17.7 Å². The summed E-state index contributed by atoms with van der Waals surface area (Å²) >= 11 is 0. The van der Waals surface area contributed by atoms with Gasteiger partial charge in [0, 0.05) is 0 Å². The number of aryl methyl sites for hydroxylation is 1. The summed E-state index contributed by atoms with van der Waals surface area (Å²) < 4.78 is 5.34. The lowest BCUT2D eigenvalue weighted by Gasteiger charge is -2.11. The molecule has 2 N–H and O–H groups in total. The molecule has 0 fully saturated rings. The van der Waals surface area contributed by atoms with Crippen molar-refractivity contribution in [2.24, 2.45) is 0 Å². The van der Waals surface area contributed by atoms with Gasteiger partial charge in [-0.05, 0) is 36.8 Å². The number of nitriles is 1. The molecule has 0 aliphatic heterocycles. The van der Waals surface area contributed by atoms with Gasteiger partial charge in [0.2, 0.25) is 5.95 Å². The molecule has 0 amide bonds. The normalized spacial score (nSPS) is 9.96. The van der Waals surface area contributed by atoms with E-state index in [0.29, 0.717) is 28.8 Å². The Hall–Kier alpha value is -3.66. The van der Waals surface area contributed by atoms with Gasteiger partial charge in [-0.15, -0.1) is 5.10 Å². The Kier molecular flexibility index (Phi) is 4.72. The quantitative estimate of drug-likeness (QED) is 0.737.